The number of nitrogens with zero attached hydrogens (tertiary/aromatic N) is 1. The van der Waals surface area contributed by atoms with Gasteiger partial charge in [-0.3, -0.25) is 0 Å². The summed E-state index contributed by atoms with van der Waals surface area (Å²) in [5.41, 5.74) is 2.46. The zero-order valence-electron chi connectivity index (χ0n) is 10.3. The second kappa shape index (κ2) is 6.17. The molecule has 0 N–H and O–H groups in total. The fraction of sp³-hybridized carbons (Fsp3) is 0.500. The van der Waals surface area contributed by atoms with E-state index in [-0.39, 0.29) is 0 Å². The summed E-state index contributed by atoms with van der Waals surface area (Å²) in [5.74, 6) is 1.33. The predicted molar refractivity (Wildman–Crippen MR) is 65.6 cm³/mol. The third-order valence-corrected chi connectivity index (χ3v) is 2.69. The van der Waals surface area contributed by atoms with Crippen LogP contribution in [0.1, 0.15) is 43.7 Å². The van der Waals surface area contributed by atoms with Crippen molar-refractivity contribution in [1.29, 1.82) is 5.26 Å². The average Bonchev–Trinajstić information content (AvgIpc) is 2.28. The minimum atomic E-state index is 0.376. The molecule has 1 rings (SSSR count). The molecule has 0 heterocycles. The smallest absolute Gasteiger partial charge is 0.122 e. The van der Waals surface area contributed by atoms with Crippen molar-refractivity contribution >= 4 is 0 Å². The second-order valence-corrected chi connectivity index (χ2v) is 4.07. The van der Waals surface area contributed by atoms with Crippen molar-refractivity contribution < 1.29 is 4.74 Å². The van der Waals surface area contributed by atoms with Crippen molar-refractivity contribution in [3.63, 3.8) is 0 Å². The Balaban J connectivity index is 2.90. The lowest BCUT2D eigenvalue weighted by atomic mass is 9.94. The van der Waals surface area contributed by atoms with Gasteiger partial charge in [0.25, 0.3) is 0 Å². The SMILES string of the molecule is CCOc1ccc(C)cc1C(C)CCC#N. The summed E-state index contributed by atoms with van der Waals surface area (Å²) in [7, 11) is 0. The molecule has 0 aliphatic rings. The van der Waals surface area contributed by atoms with Crippen LogP contribution in [0, 0.1) is 18.3 Å². The van der Waals surface area contributed by atoms with E-state index in [9.17, 15) is 0 Å². The van der Waals surface area contributed by atoms with Crippen LogP contribution in [0.25, 0.3) is 0 Å². The van der Waals surface area contributed by atoms with Gasteiger partial charge >= 0.3 is 0 Å². The van der Waals surface area contributed by atoms with Crippen LogP contribution in [0.15, 0.2) is 18.2 Å². The van der Waals surface area contributed by atoms with Gasteiger partial charge < -0.3 is 4.74 Å². The van der Waals surface area contributed by atoms with Crippen molar-refractivity contribution in [3.8, 4) is 11.8 Å². The van der Waals surface area contributed by atoms with Crippen LogP contribution in [0.3, 0.4) is 0 Å². The summed E-state index contributed by atoms with van der Waals surface area (Å²) in [6, 6.07) is 8.44. The van der Waals surface area contributed by atoms with E-state index in [1.807, 2.05) is 13.0 Å². The summed E-state index contributed by atoms with van der Waals surface area (Å²) in [4.78, 5) is 0. The molecule has 86 valence electrons. The molecule has 16 heavy (non-hydrogen) atoms. The summed E-state index contributed by atoms with van der Waals surface area (Å²) in [5, 5.41) is 8.61. The first-order chi connectivity index (χ1) is 7.69. The summed E-state index contributed by atoms with van der Waals surface area (Å²) in [6.45, 7) is 6.90. The van der Waals surface area contributed by atoms with Gasteiger partial charge in [0.15, 0.2) is 0 Å². The number of benzene rings is 1. The maximum Gasteiger partial charge on any atom is 0.122 e. The normalized spacial score (nSPS) is 11.9. The summed E-state index contributed by atoms with van der Waals surface area (Å²) >= 11 is 0. The maximum absolute atomic E-state index is 8.61. The maximum atomic E-state index is 8.61. The zero-order valence-corrected chi connectivity index (χ0v) is 10.3. The minimum Gasteiger partial charge on any atom is -0.494 e. The number of hydrogen-bond acceptors (Lipinski definition) is 2. The highest BCUT2D eigenvalue weighted by molar-refractivity contribution is 5.39. The number of hydrogen-bond donors (Lipinski definition) is 0. The van der Waals surface area contributed by atoms with Gasteiger partial charge in [0.1, 0.15) is 5.75 Å². The largest absolute Gasteiger partial charge is 0.494 e. The zero-order chi connectivity index (χ0) is 12.0. The lowest BCUT2D eigenvalue weighted by Gasteiger charge is -2.16. The molecule has 1 aromatic carbocycles. The highest BCUT2D eigenvalue weighted by atomic mass is 16.5. The molecule has 0 fully saturated rings. The third-order valence-electron chi connectivity index (χ3n) is 2.69. The average molecular weight is 217 g/mol. The van der Waals surface area contributed by atoms with E-state index >= 15 is 0 Å². The first-order valence-corrected chi connectivity index (χ1v) is 5.79. The Labute approximate surface area is 97.9 Å². The van der Waals surface area contributed by atoms with Crippen LogP contribution < -0.4 is 4.74 Å². The van der Waals surface area contributed by atoms with Gasteiger partial charge in [0.05, 0.1) is 12.7 Å². The molecule has 1 aromatic rings. The van der Waals surface area contributed by atoms with E-state index in [0.29, 0.717) is 18.9 Å². The van der Waals surface area contributed by atoms with Crippen LogP contribution in [-0.4, -0.2) is 6.61 Å². The monoisotopic (exact) mass is 217 g/mol. The Bertz CT molecular complexity index is 379. The van der Waals surface area contributed by atoms with E-state index in [2.05, 4.69) is 32.0 Å². The third kappa shape index (κ3) is 3.27. The van der Waals surface area contributed by atoms with Gasteiger partial charge in [0.2, 0.25) is 0 Å². The molecular weight excluding hydrogens is 198 g/mol. The van der Waals surface area contributed by atoms with Crippen LogP contribution in [0.4, 0.5) is 0 Å². The number of aryl methyl sites for hydroxylation is 1. The molecule has 1 atom stereocenters. The predicted octanol–water partition coefficient (Wildman–Crippen LogP) is 3.80. The van der Waals surface area contributed by atoms with Gasteiger partial charge in [0, 0.05) is 6.42 Å². The lowest BCUT2D eigenvalue weighted by Crippen LogP contribution is -2.01. The first-order valence-electron chi connectivity index (χ1n) is 5.79. The van der Waals surface area contributed by atoms with Crippen LogP contribution in [-0.2, 0) is 0 Å². The lowest BCUT2D eigenvalue weighted by molar-refractivity contribution is 0.334. The van der Waals surface area contributed by atoms with E-state index in [1.54, 1.807) is 0 Å². The molecule has 2 nitrogen and oxygen atoms in total. The molecule has 0 amide bonds. The summed E-state index contributed by atoms with van der Waals surface area (Å²) < 4.78 is 5.61. The topological polar surface area (TPSA) is 33.0 Å². The number of rotatable bonds is 5. The standard InChI is InChI=1S/C14H19NO/c1-4-16-14-8-7-11(2)10-13(14)12(3)6-5-9-15/h7-8,10,12H,4-6H2,1-3H3. The molecule has 0 radical (unpaired) electrons. The van der Waals surface area contributed by atoms with Gasteiger partial charge in [-0.05, 0) is 37.8 Å². The van der Waals surface area contributed by atoms with E-state index in [4.69, 9.17) is 10.00 Å². The quantitative estimate of drug-likeness (QED) is 0.751. The highest BCUT2D eigenvalue weighted by Crippen LogP contribution is 2.30. The fourth-order valence-electron chi connectivity index (χ4n) is 1.78. The highest BCUT2D eigenvalue weighted by Gasteiger charge is 2.11. The van der Waals surface area contributed by atoms with E-state index in [1.165, 1.54) is 11.1 Å². The first kappa shape index (κ1) is 12.6. The number of ether oxygens (including phenoxy) is 1. The van der Waals surface area contributed by atoms with E-state index < -0.39 is 0 Å². The van der Waals surface area contributed by atoms with Crippen molar-refractivity contribution in [2.75, 3.05) is 6.61 Å². The number of nitriles is 1. The molecule has 0 spiro atoms. The van der Waals surface area contributed by atoms with Crippen molar-refractivity contribution in [2.24, 2.45) is 0 Å². The van der Waals surface area contributed by atoms with Gasteiger partial charge in [-0.15, -0.1) is 0 Å². The van der Waals surface area contributed by atoms with Crippen LogP contribution in [0.5, 0.6) is 5.75 Å². The molecule has 0 aliphatic carbocycles. The summed E-state index contributed by atoms with van der Waals surface area (Å²) in [6.07, 6.45) is 1.49. The van der Waals surface area contributed by atoms with Gasteiger partial charge in [-0.1, -0.05) is 24.6 Å². The van der Waals surface area contributed by atoms with Crippen molar-refractivity contribution in [1.82, 2.24) is 0 Å². The van der Waals surface area contributed by atoms with Gasteiger partial charge in [-0.2, -0.15) is 5.26 Å². The molecule has 2 heteroatoms. The van der Waals surface area contributed by atoms with Crippen molar-refractivity contribution in [2.45, 2.75) is 39.5 Å². The van der Waals surface area contributed by atoms with Crippen LogP contribution in [0.2, 0.25) is 0 Å². The Morgan fingerprint density at radius 3 is 2.81 bits per heavy atom. The molecule has 0 aliphatic heterocycles. The molecule has 0 aromatic heterocycles. The second-order valence-electron chi connectivity index (χ2n) is 4.07. The minimum absolute atomic E-state index is 0.376. The molecule has 0 saturated carbocycles. The Morgan fingerprint density at radius 2 is 2.19 bits per heavy atom. The van der Waals surface area contributed by atoms with Crippen LogP contribution >= 0.6 is 0 Å². The fourth-order valence-corrected chi connectivity index (χ4v) is 1.78. The molecule has 1 unspecified atom stereocenters. The Morgan fingerprint density at radius 1 is 1.44 bits per heavy atom. The van der Waals surface area contributed by atoms with Gasteiger partial charge in [-0.25, -0.2) is 0 Å². The molecule has 0 bridgehead atoms. The Hall–Kier alpha value is -1.49. The Kier molecular flexibility index (Phi) is 4.85. The van der Waals surface area contributed by atoms with E-state index in [0.717, 1.165) is 12.2 Å². The molecule has 0 saturated heterocycles. The van der Waals surface area contributed by atoms with Crippen molar-refractivity contribution in [3.05, 3.63) is 29.3 Å². The molecular formula is C14H19NO.